The van der Waals surface area contributed by atoms with Crippen LogP contribution in [0.15, 0.2) is 29.6 Å². The van der Waals surface area contributed by atoms with Crippen LogP contribution in [0.2, 0.25) is 0 Å². The van der Waals surface area contributed by atoms with Gasteiger partial charge in [0.15, 0.2) is 6.10 Å². The van der Waals surface area contributed by atoms with Crippen LogP contribution >= 0.6 is 22.7 Å². The van der Waals surface area contributed by atoms with E-state index >= 15 is 0 Å². The summed E-state index contributed by atoms with van der Waals surface area (Å²) in [5.41, 5.74) is 4.25. The molecule has 0 amide bonds. The summed E-state index contributed by atoms with van der Waals surface area (Å²) in [6, 6.07) is 7.68. The molecule has 3 aromatic rings. The Kier molecular flexibility index (Phi) is 2.53. The molecule has 0 bridgehead atoms. The summed E-state index contributed by atoms with van der Waals surface area (Å²) in [5, 5.41) is 3.52. The number of ether oxygens (including phenoxy) is 1. The normalized spacial score (nSPS) is 17.5. The molecule has 1 atom stereocenters. The Hall–Kier alpha value is -1.65. The number of thiophene rings is 2. The van der Waals surface area contributed by atoms with Crippen LogP contribution in [0.1, 0.15) is 38.0 Å². The lowest BCUT2D eigenvalue weighted by molar-refractivity contribution is 0.0460. The molecule has 0 spiro atoms. The maximum Gasteiger partial charge on any atom is 0.339 e. The number of benzene rings is 1. The highest BCUT2D eigenvalue weighted by molar-refractivity contribution is 7.37. The van der Waals surface area contributed by atoms with Crippen molar-refractivity contribution in [3.05, 3.63) is 56.8 Å². The zero-order chi connectivity index (χ0) is 13.9. The lowest BCUT2D eigenvalue weighted by atomic mass is 10.0. The van der Waals surface area contributed by atoms with Crippen molar-refractivity contribution in [2.45, 2.75) is 20.0 Å². The van der Waals surface area contributed by atoms with Crippen molar-refractivity contribution in [2.24, 2.45) is 0 Å². The Labute approximate surface area is 124 Å². The summed E-state index contributed by atoms with van der Waals surface area (Å²) in [4.78, 5) is 13.1. The number of carbonyl (C=O) groups excluding carboxylic acids is 1. The minimum atomic E-state index is -0.234. The second-order valence-electron chi connectivity index (χ2n) is 5.05. The van der Waals surface area contributed by atoms with Gasteiger partial charge in [-0.2, -0.15) is 0 Å². The number of cyclic esters (lactones) is 1. The van der Waals surface area contributed by atoms with Crippen molar-refractivity contribution < 1.29 is 9.53 Å². The topological polar surface area (TPSA) is 26.3 Å². The molecule has 1 aromatic carbocycles. The van der Waals surface area contributed by atoms with Crippen molar-refractivity contribution in [3.63, 3.8) is 0 Å². The quantitative estimate of drug-likeness (QED) is 0.601. The van der Waals surface area contributed by atoms with E-state index in [4.69, 9.17) is 4.74 Å². The molecule has 0 fully saturated rings. The molecule has 1 unspecified atom stereocenters. The van der Waals surface area contributed by atoms with Gasteiger partial charge in [0.1, 0.15) is 0 Å². The summed E-state index contributed by atoms with van der Waals surface area (Å²) < 4.78 is 6.93. The highest BCUT2D eigenvalue weighted by Crippen LogP contribution is 2.45. The van der Waals surface area contributed by atoms with Gasteiger partial charge in [0.2, 0.25) is 0 Å². The van der Waals surface area contributed by atoms with Gasteiger partial charge in [0, 0.05) is 10.9 Å². The summed E-state index contributed by atoms with van der Waals surface area (Å²) in [6.45, 7) is 4.26. The average Bonchev–Trinajstić information content (AvgIpc) is 3.07. The zero-order valence-corrected chi connectivity index (χ0v) is 12.7. The Morgan fingerprint density at radius 3 is 2.80 bits per heavy atom. The number of carbonyl (C=O) groups is 1. The van der Waals surface area contributed by atoms with Gasteiger partial charge in [-0.3, -0.25) is 0 Å². The van der Waals surface area contributed by atoms with E-state index in [9.17, 15) is 4.79 Å². The molecule has 4 rings (SSSR count). The lowest BCUT2D eigenvalue weighted by Gasteiger charge is -2.10. The number of aryl methyl sites for hydroxylation is 2. The molecule has 0 saturated heterocycles. The summed E-state index contributed by atoms with van der Waals surface area (Å²) in [7, 11) is 0. The second kappa shape index (κ2) is 4.17. The fraction of sp³-hybridized carbons (Fsp3) is 0.188. The molecular formula is C16H12O2S2. The van der Waals surface area contributed by atoms with Gasteiger partial charge >= 0.3 is 5.97 Å². The van der Waals surface area contributed by atoms with Gasteiger partial charge in [-0.25, -0.2) is 4.79 Å². The van der Waals surface area contributed by atoms with Gasteiger partial charge in [0.25, 0.3) is 0 Å². The third-order valence-electron chi connectivity index (χ3n) is 3.81. The van der Waals surface area contributed by atoms with Gasteiger partial charge in [0.05, 0.1) is 14.5 Å². The molecule has 0 radical (unpaired) electrons. The minimum Gasteiger partial charge on any atom is -0.448 e. The van der Waals surface area contributed by atoms with Crippen molar-refractivity contribution >= 4 is 38.0 Å². The van der Waals surface area contributed by atoms with Crippen molar-refractivity contribution in [1.29, 1.82) is 0 Å². The fourth-order valence-corrected chi connectivity index (χ4v) is 5.43. The molecule has 1 aliphatic heterocycles. The Balaban J connectivity index is 1.93. The predicted molar refractivity (Wildman–Crippen MR) is 82.9 cm³/mol. The number of fused-ring (bicyclic) bond motifs is 2. The number of hydrogen-bond donors (Lipinski definition) is 0. The van der Waals surface area contributed by atoms with E-state index in [1.165, 1.54) is 20.5 Å². The molecule has 100 valence electrons. The largest absolute Gasteiger partial charge is 0.448 e. The zero-order valence-electron chi connectivity index (χ0n) is 11.1. The third kappa shape index (κ3) is 1.52. The van der Waals surface area contributed by atoms with Crippen LogP contribution in [0.4, 0.5) is 0 Å². The first-order valence-corrected chi connectivity index (χ1v) is 8.13. The molecule has 0 saturated carbocycles. The molecule has 2 nitrogen and oxygen atoms in total. The lowest BCUT2D eigenvalue weighted by Crippen LogP contribution is -2.00. The Bertz CT molecular complexity index is 841. The van der Waals surface area contributed by atoms with Crippen LogP contribution in [0.3, 0.4) is 0 Å². The fourth-order valence-electron chi connectivity index (χ4n) is 2.83. The second-order valence-corrected chi connectivity index (χ2v) is 7.24. The molecule has 2 aromatic heterocycles. The molecule has 0 aliphatic carbocycles. The predicted octanol–water partition coefficient (Wildman–Crippen LogP) is 4.84. The smallest absolute Gasteiger partial charge is 0.339 e. The van der Waals surface area contributed by atoms with E-state index < -0.39 is 0 Å². The maximum absolute atomic E-state index is 12.0. The molecular weight excluding hydrogens is 288 g/mol. The van der Waals surface area contributed by atoms with E-state index in [1.54, 1.807) is 22.7 Å². The molecule has 4 heteroatoms. The van der Waals surface area contributed by atoms with E-state index in [0.717, 1.165) is 10.4 Å². The van der Waals surface area contributed by atoms with Gasteiger partial charge in [-0.05, 0) is 36.4 Å². The highest BCUT2D eigenvalue weighted by atomic mass is 32.2. The standard InChI is InChI=1S/C16H12O2S2/c1-8-7-19-16-12(8)9(2)14(20-16)13-10-5-3-4-6-11(10)15(17)18-13/h3-7,13H,1-2H3. The van der Waals surface area contributed by atoms with Crippen LogP contribution in [-0.2, 0) is 4.74 Å². The van der Waals surface area contributed by atoms with Gasteiger partial charge in [-0.1, -0.05) is 18.2 Å². The van der Waals surface area contributed by atoms with Gasteiger partial charge in [-0.15, -0.1) is 22.7 Å². The van der Waals surface area contributed by atoms with E-state index in [0.29, 0.717) is 5.56 Å². The van der Waals surface area contributed by atoms with Crippen LogP contribution in [-0.4, -0.2) is 5.97 Å². The minimum absolute atomic E-state index is 0.210. The molecule has 3 heterocycles. The van der Waals surface area contributed by atoms with E-state index in [2.05, 4.69) is 19.2 Å². The molecule has 20 heavy (non-hydrogen) atoms. The average molecular weight is 300 g/mol. The first kappa shape index (κ1) is 12.1. The first-order chi connectivity index (χ1) is 9.66. The first-order valence-electron chi connectivity index (χ1n) is 6.44. The number of hydrogen-bond acceptors (Lipinski definition) is 4. The van der Waals surface area contributed by atoms with Crippen LogP contribution in [0.25, 0.3) is 9.40 Å². The van der Waals surface area contributed by atoms with Crippen LogP contribution in [0.5, 0.6) is 0 Å². The molecule has 1 aliphatic rings. The monoisotopic (exact) mass is 300 g/mol. The van der Waals surface area contributed by atoms with Gasteiger partial charge < -0.3 is 4.74 Å². The summed E-state index contributed by atoms with van der Waals surface area (Å²) in [5.74, 6) is -0.210. The SMILES string of the molecule is Cc1csc2sc(C3OC(=O)c4ccccc43)c(C)c12. The van der Waals surface area contributed by atoms with E-state index in [-0.39, 0.29) is 12.1 Å². The van der Waals surface area contributed by atoms with Crippen LogP contribution < -0.4 is 0 Å². The Morgan fingerprint density at radius 2 is 2.00 bits per heavy atom. The van der Waals surface area contributed by atoms with E-state index in [1.807, 2.05) is 24.3 Å². The highest BCUT2D eigenvalue weighted by Gasteiger charge is 2.34. The van der Waals surface area contributed by atoms with Crippen molar-refractivity contribution in [3.8, 4) is 0 Å². The number of esters is 1. The van der Waals surface area contributed by atoms with Crippen LogP contribution in [0, 0.1) is 13.8 Å². The summed E-state index contributed by atoms with van der Waals surface area (Å²) >= 11 is 3.52. The summed E-state index contributed by atoms with van der Waals surface area (Å²) in [6.07, 6.45) is -0.234. The Morgan fingerprint density at radius 1 is 1.20 bits per heavy atom. The maximum atomic E-state index is 12.0. The third-order valence-corrected chi connectivity index (χ3v) is 6.37. The molecule has 0 N–H and O–H groups in total. The van der Waals surface area contributed by atoms with Crippen molar-refractivity contribution in [2.75, 3.05) is 0 Å². The number of rotatable bonds is 1. The van der Waals surface area contributed by atoms with Crippen molar-refractivity contribution in [1.82, 2.24) is 0 Å².